The number of benzene rings is 2. The molecule has 2 aromatic carbocycles. The molecule has 0 saturated carbocycles. The highest BCUT2D eigenvalue weighted by atomic mass is 19.4. The molecular weight excluding hydrogens is 421 g/mol. The third-order valence-corrected chi connectivity index (χ3v) is 4.71. The summed E-state index contributed by atoms with van der Waals surface area (Å²) in [5.74, 6) is 0.173. The van der Waals surface area contributed by atoms with Gasteiger partial charge in [-0.1, -0.05) is 12.1 Å². The summed E-state index contributed by atoms with van der Waals surface area (Å²) >= 11 is 0. The summed E-state index contributed by atoms with van der Waals surface area (Å²) in [7, 11) is 3.41. The maximum atomic E-state index is 12.3. The van der Waals surface area contributed by atoms with Crippen molar-refractivity contribution in [3.63, 3.8) is 0 Å². The number of aromatic nitrogens is 2. The first kappa shape index (κ1) is 21.2. The number of ether oxygens (including phenoxy) is 1. The minimum Gasteiger partial charge on any atom is -0.406 e. The molecule has 0 aliphatic carbocycles. The molecule has 2 N–H and O–H groups in total. The number of rotatable bonds is 5. The predicted molar refractivity (Wildman–Crippen MR) is 116 cm³/mol. The van der Waals surface area contributed by atoms with Gasteiger partial charge in [0.25, 0.3) is 5.91 Å². The third-order valence-electron chi connectivity index (χ3n) is 4.71. The Labute approximate surface area is 181 Å². The van der Waals surface area contributed by atoms with Crippen molar-refractivity contribution < 1.29 is 22.7 Å². The fourth-order valence-corrected chi connectivity index (χ4v) is 3.19. The van der Waals surface area contributed by atoms with E-state index >= 15 is 0 Å². The second kappa shape index (κ2) is 8.26. The Morgan fingerprint density at radius 1 is 1.03 bits per heavy atom. The lowest BCUT2D eigenvalue weighted by Crippen LogP contribution is -2.21. The SMILES string of the molecule is CN(C)C(=O)c1ccc(-c2cc3cnc(Nc4ccc(OC(F)(F)F)cc4)cc3[nH]2)cc1. The molecule has 1 amide bonds. The molecule has 9 heteroatoms. The molecule has 2 heterocycles. The van der Waals surface area contributed by atoms with Gasteiger partial charge in [0.1, 0.15) is 11.6 Å². The van der Waals surface area contributed by atoms with Crippen LogP contribution in [0.15, 0.2) is 66.9 Å². The van der Waals surface area contributed by atoms with Crippen molar-refractivity contribution in [3.05, 3.63) is 72.4 Å². The maximum Gasteiger partial charge on any atom is 0.573 e. The van der Waals surface area contributed by atoms with Crippen molar-refractivity contribution in [2.45, 2.75) is 6.36 Å². The van der Waals surface area contributed by atoms with Crippen molar-refractivity contribution in [1.29, 1.82) is 0 Å². The van der Waals surface area contributed by atoms with Crippen molar-refractivity contribution in [3.8, 4) is 17.0 Å². The van der Waals surface area contributed by atoms with Crippen molar-refractivity contribution in [1.82, 2.24) is 14.9 Å². The first-order valence-corrected chi connectivity index (χ1v) is 9.62. The molecule has 6 nitrogen and oxygen atoms in total. The Morgan fingerprint density at radius 3 is 2.34 bits per heavy atom. The number of nitrogens with one attached hydrogen (secondary N) is 2. The molecule has 0 saturated heterocycles. The zero-order chi connectivity index (χ0) is 22.9. The quantitative estimate of drug-likeness (QED) is 0.425. The van der Waals surface area contributed by atoms with Crippen molar-refractivity contribution in [2.75, 3.05) is 19.4 Å². The van der Waals surface area contributed by atoms with Gasteiger partial charge >= 0.3 is 6.36 Å². The first-order chi connectivity index (χ1) is 15.2. The van der Waals surface area contributed by atoms with E-state index < -0.39 is 6.36 Å². The summed E-state index contributed by atoms with van der Waals surface area (Å²) in [6, 6.07) is 16.5. The fourth-order valence-electron chi connectivity index (χ4n) is 3.19. The molecule has 0 atom stereocenters. The molecular formula is C23H19F3N4O2. The molecule has 4 rings (SSSR count). The summed E-state index contributed by atoms with van der Waals surface area (Å²) in [5, 5.41) is 3.95. The first-order valence-electron chi connectivity index (χ1n) is 9.62. The Balaban J connectivity index is 1.51. The molecule has 0 fully saturated rings. The van der Waals surface area contributed by atoms with Crippen LogP contribution in [0, 0.1) is 0 Å². The van der Waals surface area contributed by atoms with E-state index in [9.17, 15) is 18.0 Å². The van der Waals surface area contributed by atoms with Crippen LogP contribution >= 0.6 is 0 Å². The largest absolute Gasteiger partial charge is 0.573 e. The van der Waals surface area contributed by atoms with Gasteiger partial charge in [-0.3, -0.25) is 4.79 Å². The van der Waals surface area contributed by atoms with E-state index in [1.807, 2.05) is 24.3 Å². The van der Waals surface area contributed by atoms with E-state index in [1.54, 1.807) is 32.4 Å². The monoisotopic (exact) mass is 440 g/mol. The summed E-state index contributed by atoms with van der Waals surface area (Å²) in [5.41, 5.74) is 3.81. The second-order valence-electron chi connectivity index (χ2n) is 7.31. The summed E-state index contributed by atoms with van der Waals surface area (Å²) < 4.78 is 40.7. The van der Waals surface area contributed by atoms with Crippen LogP contribution in [0.5, 0.6) is 5.75 Å². The number of fused-ring (bicyclic) bond motifs is 1. The summed E-state index contributed by atoms with van der Waals surface area (Å²) in [4.78, 5) is 21.2. The third kappa shape index (κ3) is 4.83. The van der Waals surface area contributed by atoms with Crippen LogP contribution in [-0.4, -0.2) is 41.2 Å². The van der Waals surface area contributed by atoms with E-state index in [1.165, 1.54) is 29.2 Å². The van der Waals surface area contributed by atoms with Crippen LogP contribution < -0.4 is 10.1 Å². The van der Waals surface area contributed by atoms with Crippen LogP contribution in [-0.2, 0) is 0 Å². The van der Waals surface area contributed by atoms with Gasteiger partial charge in [-0.25, -0.2) is 4.98 Å². The van der Waals surface area contributed by atoms with E-state index in [0.717, 1.165) is 22.2 Å². The summed E-state index contributed by atoms with van der Waals surface area (Å²) in [6.07, 6.45) is -3.03. The number of halogens is 3. The lowest BCUT2D eigenvalue weighted by molar-refractivity contribution is -0.274. The number of H-pyrrole nitrogens is 1. The molecule has 0 bridgehead atoms. The van der Waals surface area contributed by atoms with Crippen LogP contribution in [0.25, 0.3) is 22.2 Å². The van der Waals surface area contributed by atoms with Gasteiger partial charge in [-0.05, 0) is 48.0 Å². The second-order valence-corrected chi connectivity index (χ2v) is 7.31. The molecule has 2 aromatic heterocycles. The van der Waals surface area contributed by atoms with E-state index in [4.69, 9.17) is 0 Å². The zero-order valence-electron chi connectivity index (χ0n) is 17.2. The number of carbonyl (C=O) groups excluding carboxylic acids is 1. The van der Waals surface area contributed by atoms with E-state index in [2.05, 4.69) is 20.0 Å². The van der Waals surface area contributed by atoms with Gasteiger partial charge in [0.2, 0.25) is 0 Å². The van der Waals surface area contributed by atoms with Crippen LogP contribution in [0.3, 0.4) is 0 Å². The molecule has 0 spiro atoms. The number of aromatic amines is 1. The average molecular weight is 440 g/mol. The van der Waals surface area contributed by atoms with Gasteiger partial charge in [-0.15, -0.1) is 13.2 Å². The minimum atomic E-state index is -4.73. The van der Waals surface area contributed by atoms with Crippen LogP contribution in [0.2, 0.25) is 0 Å². The number of alkyl halides is 3. The van der Waals surface area contributed by atoms with E-state index in [0.29, 0.717) is 17.1 Å². The van der Waals surface area contributed by atoms with Gasteiger partial charge in [0, 0.05) is 48.7 Å². The Morgan fingerprint density at radius 2 is 1.72 bits per heavy atom. The van der Waals surface area contributed by atoms with E-state index in [-0.39, 0.29) is 11.7 Å². The Hall–Kier alpha value is -4.01. The number of amides is 1. The summed E-state index contributed by atoms with van der Waals surface area (Å²) in [6.45, 7) is 0. The van der Waals surface area contributed by atoms with Gasteiger partial charge < -0.3 is 19.9 Å². The minimum absolute atomic E-state index is 0.0638. The molecule has 164 valence electrons. The zero-order valence-corrected chi connectivity index (χ0v) is 17.2. The number of pyridine rings is 1. The fraction of sp³-hybridized carbons (Fsp3) is 0.130. The molecule has 0 unspecified atom stereocenters. The average Bonchev–Trinajstić information content (AvgIpc) is 3.17. The number of nitrogens with zero attached hydrogens (tertiary/aromatic N) is 2. The standard InChI is InChI=1S/C23H19F3N4O2/c1-30(2)22(31)15-5-3-14(4-6-15)19-11-16-13-27-21(12-20(16)29-19)28-17-7-9-18(10-8-17)32-23(24,25)26/h3-13,29H,1-2H3,(H,27,28). The normalized spacial score (nSPS) is 11.4. The van der Waals surface area contributed by atoms with Gasteiger partial charge in [0.05, 0.1) is 5.52 Å². The molecule has 0 aliphatic heterocycles. The van der Waals surface area contributed by atoms with Gasteiger partial charge in [0.15, 0.2) is 0 Å². The van der Waals surface area contributed by atoms with Crippen LogP contribution in [0.1, 0.15) is 10.4 Å². The lowest BCUT2D eigenvalue weighted by atomic mass is 10.1. The number of carbonyl (C=O) groups is 1. The number of hydrogen-bond acceptors (Lipinski definition) is 4. The van der Waals surface area contributed by atoms with Gasteiger partial charge in [-0.2, -0.15) is 0 Å². The molecule has 0 aliphatic rings. The topological polar surface area (TPSA) is 70.2 Å². The van der Waals surface area contributed by atoms with Crippen molar-refractivity contribution >= 4 is 28.3 Å². The van der Waals surface area contributed by atoms with Crippen molar-refractivity contribution in [2.24, 2.45) is 0 Å². The molecule has 32 heavy (non-hydrogen) atoms. The molecule has 4 aromatic rings. The Kier molecular flexibility index (Phi) is 5.48. The highest BCUT2D eigenvalue weighted by Gasteiger charge is 2.30. The smallest absolute Gasteiger partial charge is 0.406 e. The number of hydrogen-bond donors (Lipinski definition) is 2. The Bertz CT molecular complexity index is 1250. The maximum absolute atomic E-state index is 12.3. The lowest BCUT2D eigenvalue weighted by Gasteiger charge is -2.10. The highest BCUT2D eigenvalue weighted by molar-refractivity contribution is 5.94. The molecule has 0 radical (unpaired) electrons. The number of anilines is 2. The van der Waals surface area contributed by atoms with Crippen LogP contribution in [0.4, 0.5) is 24.7 Å². The highest BCUT2D eigenvalue weighted by Crippen LogP contribution is 2.28. The predicted octanol–water partition coefficient (Wildman–Crippen LogP) is 5.57.